The molecule has 6 nitrogen and oxygen atoms in total. The van der Waals surface area contributed by atoms with Gasteiger partial charge in [-0.25, -0.2) is 0 Å². The molecule has 27 heavy (non-hydrogen) atoms. The average molecular weight is 370 g/mol. The first-order valence-corrected chi connectivity index (χ1v) is 8.83. The zero-order chi connectivity index (χ0) is 19.8. The third-order valence-corrected chi connectivity index (χ3v) is 4.19. The van der Waals surface area contributed by atoms with Crippen molar-refractivity contribution in [3.05, 3.63) is 58.7 Å². The fourth-order valence-electron chi connectivity index (χ4n) is 2.38. The van der Waals surface area contributed by atoms with Crippen molar-refractivity contribution in [3.63, 3.8) is 0 Å². The Kier molecular flexibility index (Phi) is 7.23. The molecule has 2 rings (SSSR count). The lowest BCUT2D eigenvalue weighted by molar-refractivity contribution is -0.130. The summed E-state index contributed by atoms with van der Waals surface area (Å²) in [5.41, 5.74) is 8.87. The molecule has 0 aromatic heterocycles. The van der Waals surface area contributed by atoms with Gasteiger partial charge in [0.25, 0.3) is 5.91 Å². The van der Waals surface area contributed by atoms with Gasteiger partial charge < -0.3 is 9.47 Å². The molecule has 0 fully saturated rings. The maximum Gasteiger partial charge on any atom is 0.276 e. The molecule has 0 aliphatic rings. The Bertz CT molecular complexity index is 818. The molecule has 0 spiro atoms. The van der Waals surface area contributed by atoms with Crippen LogP contribution >= 0.6 is 0 Å². The highest BCUT2D eigenvalue weighted by Gasteiger charge is 2.08. The highest BCUT2D eigenvalue weighted by Crippen LogP contribution is 2.20. The first-order valence-electron chi connectivity index (χ1n) is 8.83. The summed E-state index contributed by atoms with van der Waals surface area (Å²) < 4.78 is 11.1. The van der Waals surface area contributed by atoms with Crippen LogP contribution in [0.5, 0.6) is 11.5 Å². The topological polar surface area (TPSA) is 76.7 Å². The standard InChI is InChI=1S/C21H26N2O4/c1-14-8-9-16(3)19(12-14)27-13-21(25)23-22-20(24)10-11-26-18-7-5-6-15(2)17(18)4/h5-9,12H,10-11,13H2,1-4H3,(H,22,24)(H,23,25). The quantitative estimate of drug-likeness (QED) is 0.735. The van der Waals surface area contributed by atoms with Crippen molar-refractivity contribution in [3.8, 4) is 11.5 Å². The summed E-state index contributed by atoms with van der Waals surface area (Å²) in [6.45, 7) is 7.89. The molecule has 0 saturated carbocycles. The van der Waals surface area contributed by atoms with Crippen molar-refractivity contribution in [1.29, 1.82) is 0 Å². The van der Waals surface area contributed by atoms with Crippen molar-refractivity contribution in [1.82, 2.24) is 10.9 Å². The number of hydrogen-bond donors (Lipinski definition) is 2. The van der Waals surface area contributed by atoms with Crippen molar-refractivity contribution in [2.75, 3.05) is 13.2 Å². The monoisotopic (exact) mass is 370 g/mol. The van der Waals surface area contributed by atoms with Crippen LogP contribution in [0.25, 0.3) is 0 Å². The number of hydrazine groups is 1. The summed E-state index contributed by atoms with van der Waals surface area (Å²) in [7, 11) is 0. The number of carbonyl (C=O) groups excluding carboxylic acids is 2. The Morgan fingerprint density at radius 3 is 2.37 bits per heavy atom. The van der Waals surface area contributed by atoms with Crippen LogP contribution in [0.3, 0.4) is 0 Å². The molecule has 2 amide bonds. The number of amides is 2. The van der Waals surface area contributed by atoms with Gasteiger partial charge in [0.1, 0.15) is 11.5 Å². The minimum absolute atomic E-state index is 0.130. The Morgan fingerprint density at radius 1 is 0.852 bits per heavy atom. The second kappa shape index (κ2) is 9.62. The van der Waals surface area contributed by atoms with E-state index in [1.54, 1.807) is 0 Å². The van der Waals surface area contributed by atoms with E-state index in [0.29, 0.717) is 5.75 Å². The highest BCUT2D eigenvalue weighted by atomic mass is 16.5. The van der Waals surface area contributed by atoms with E-state index < -0.39 is 5.91 Å². The first kappa shape index (κ1) is 20.3. The van der Waals surface area contributed by atoms with Gasteiger partial charge >= 0.3 is 0 Å². The molecule has 0 bridgehead atoms. The Hall–Kier alpha value is -3.02. The van der Waals surface area contributed by atoms with Crippen LogP contribution in [0.2, 0.25) is 0 Å². The van der Waals surface area contributed by atoms with Crippen LogP contribution in [-0.4, -0.2) is 25.0 Å². The van der Waals surface area contributed by atoms with E-state index in [9.17, 15) is 9.59 Å². The minimum atomic E-state index is -0.431. The third-order valence-electron chi connectivity index (χ3n) is 4.19. The Morgan fingerprint density at radius 2 is 1.59 bits per heavy atom. The second-order valence-electron chi connectivity index (χ2n) is 6.45. The van der Waals surface area contributed by atoms with Gasteiger partial charge in [-0.1, -0.05) is 24.3 Å². The van der Waals surface area contributed by atoms with Gasteiger partial charge in [0.15, 0.2) is 6.61 Å². The molecule has 144 valence electrons. The number of ether oxygens (including phenoxy) is 2. The van der Waals surface area contributed by atoms with Crippen molar-refractivity contribution in [2.24, 2.45) is 0 Å². The molecule has 0 aliphatic heterocycles. The van der Waals surface area contributed by atoms with Crippen LogP contribution in [0.15, 0.2) is 36.4 Å². The first-order chi connectivity index (χ1) is 12.9. The van der Waals surface area contributed by atoms with E-state index in [-0.39, 0.29) is 25.5 Å². The second-order valence-corrected chi connectivity index (χ2v) is 6.45. The zero-order valence-corrected chi connectivity index (χ0v) is 16.2. The summed E-state index contributed by atoms with van der Waals surface area (Å²) in [6, 6.07) is 11.6. The smallest absolute Gasteiger partial charge is 0.276 e. The van der Waals surface area contributed by atoms with E-state index in [2.05, 4.69) is 10.9 Å². The van der Waals surface area contributed by atoms with E-state index in [4.69, 9.17) is 9.47 Å². The molecule has 0 heterocycles. The summed E-state index contributed by atoms with van der Waals surface area (Å²) in [5.74, 6) is 0.646. The van der Waals surface area contributed by atoms with Crippen LogP contribution in [0.1, 0.15) is 28.7 Å². The minimum Gasteiger partial charge on any atom is -0.493 e. The van der Waals surface area contributed by atoms with Gasteiger partial charge in [0.2, 0.25) is 5.91 Å². The van der Waals surface area contributed by atoms with Gasteiger partial charge in [0, 0.05) is 0 Å². The van der Waals surface area contributed by atoms with Gasteiger partial charge in [-0.15, -0.1) is 0 Å². The fourth-order valence-corrected chi connectivity index (χ4v) is 2.38. The van der Waals surface area contributed by atoms with E-state index in [0.717, 1.165) is 28.0 Å². The predicted octanol–water partition coefficient (Wildman–Crippen LogP) is 2.92. The molecular formula is C21H26N2O4. The average Bonchev–Trinajstić information content (AvgIpc) is 2.64. The number of benzene rings is 2. The molecule has 0 radical (unpaired) electrons. The van der Waals surface area contributed by atoms with Crippen molar-refractivity contribution < 1.29 is 19.1 Å². The molecule has 6 heteroatoms. The van der Waals surface area contributed by atoms with Crippen LogP contribution < -0.4 is 20.3 Å². The third kappa shape index (κ3) is 6.33. The van der Waals surface area contributed by atoms with Gasteiger partial charge in [-0.2, -0.15) is 0 Å². The van der Waals surface area contributed by atoms with Crippen LogP contribution in [0, 0.1) is 27.7 Å². The molecule has 2 N–H and O–H groups in total. The number of rotatable bonds is 7. The maximum atomic E-state index is 11.8. The van der Waals surface area contributed by atoms with E-state index in [1.165, 1.54) is 0 Å². The number of hydrogen-bond acceptors (Lipinski definition) is 4. The lowest BCUT2D eigenvalue weighted by Gasteiger charge is -2.12. The summed E-state index contributed by atoms with van der Waals surface area (Å²) in [6.07, 6.45) is 0.130. The summed E-state index contributed by atoms with van der Waals surface area (Å²) in [4.78, 5) is 23.6. The molecule has 2 aromatic carbocycles. The molecule has 0 saturated heterocycles. The Balaban J connectivity index is 1.68. The molecular weight excluding hydrogens is 344 g/mol. The SMILES string of the molecule is Cc1ccc(C)c(OCC(=O)NNC(=O)CCOc2cccc(C)c2C)c1. The summed E-state index contributed by atoms with van der Waals surface area (Å²) in [5, 5.41) is 0. The van der Waals surface area contributed by atoms with Crippen molar-refractivity contribution >= 4 is 11.8 Å². The maximum absolute atomic E-state index is 11.8. The normalized spacial score (nSPS) is 10.2. The molecule has 2 aromatic rings. The number of carbonyl (C=O) groups is 2. The summed E-state index contributed by atoms with van der Waals surface area (Å²) >= 11 is 0. The number of nitrogens with one attached hydrogen (secondary N) is 2. The lowest BCUT2D eigenvalue weighted by atomic mass is 10.1. The van der Waals surface area contributed by atoms with Gasteiger partial charge in [-0.3, -0.25) is 20.4 Å². The largest absolute Gasteiger partial charge is 0.493 e. The predicted molar refractivity (Wildman–Crippen MR) is 104 cm³/mol. The molecule has 0 aliphatic carbocycles. The lowest BCUT2D eigenvalue weighted by Crippen LogP contribution is -2.44. The zero-order valence-electron chi connectivity index (χ0n) is 16.2. The van der Waals surface area contributed by atoms with Gasteiger partial charge in [0.05, 0.1) is 13.0 Å². The van der Waals surface area contributed by atoms with Crippen molar-refractivity contribution in [2.45, 2.75) is 34.1 Å². The molecule has 0 unspecified atom stereocenters. The van der Waals surface area contributed by atoms with Crippen LogP contribution in [0.4, 0.5) is 0 Å². The van der Waals surface area contributed by atoms with Crippen LogP contribution in [-0.2, 0) is 9.59 Å². The van der Waals surface area contributed by atoms with E-state index in [1.807, 2.05) is 64.1 Å². The number of aryl methyl sites for hydroxylation is 3. The highest BCUT2D eigenvalue weighted by molar-refractivity contribution is 5.82. The van der Waals surface area contributed by atoms with E-state index >= 15 is 0 Å². The van der Waals surface area contributed by atoms with Gasteiger partial charge in [-0.05, 0) is 62.1 Å². The fraction of sp³-hybridized carbons (Fsp3) is 0.333. The Labute approximate surface area is 159 Å². The molecule has 0 atom stereocenters.